The molecule has 0 heterocycles. The van der Waals surface area contributed by atoms with E-state index in [9.17, 15) is 15.0 Å². The maximum atomic E-state index is 11.2. The molecule has 0 fully saturated rings. The van der Waals surface area contributed by atoms with E-state index in [1.807, 2.05) is 0 Å². The molecule has 0 radical (unpaired) electrons. The largest absolute Gasteiger partial charge is 0.507 e. The maximum Gasteiger partial charge on any atom is 0.252 e. The molecule has 1 atom stereocenters. The van der Waals surface area contributed by atoms with Crippen molar-refractivity contribution in [1.82, 2.24) is 5.32 Å². The molecular weight excluding hydrogens is 338 g/mol. The van der Waals surface area contributed by atoms with E-state index in [4.69, 9.17) is 20.9 Å². The molecule has 2 aromatic rings. The van der Waals surface area contributed by atoms with Crippen molar-refractivity contribution in [2.45, 2.75) is 6.10 Å². The zero-order valence-corrected chi connectivity index (χ0v) is 14.2. The monoisotopic (exact) mass is 361 g/mol. The Balaban J connectivity index is 1.63. The Kier molecular flexibility index (Phi) is 7.07. The molecule has 0 saturated heterocycles. The van der Waals surface area contributed by atoms with Crippen LogP contribution in [0, 0.1) is 0 Å². The van der Waals surface area contributed by atoms with E-state index >= 15 is 0 Å². The summed E-state index contributed by atoms with van der Waals surface area (Å²) in [4.78, 5) is 11.2. The lowest BCUT2D eigenvalue weighted by atomic mass is 10.2. The van der Waals surface area contributed by atoms with Gasteiger partial charge in [-0.1, -0.05) is 0 Å². The summed E-state index contributed by atoms with van der Waals surface area (Å²) in [5.41, 5.74) is 11.4. The summed E-state index contributed by atoms with van der Waals surface area (Å²) in [6.45, 7) is 1.28. The van der Waals surface area contributed by atoms with Gasteiger partial charge < -0.3 is 36.5 Å². The van der Waals surface area contributed by atoms with Gasteiger partial charge in [-0.25, -0.2) is 0 Å². The van der Waals surface area contributed by atoms with Gasteiger partial charge in [-0.15, -0.1) is 0 Å². The van der Waals surface area contributed by atoms with Gasteiger partial charge in [0.05, 0.1) is 5.56 Å². The second-order valence-electron chi connectivity index (χ2n) is 5.63. The lowest BCUT2D eigenvalue weighted by molar-refractivity contribution is 0.0996. The van der Waals surface area contributed by atoms with Crippen LogP contribution in [0.5, 0.6) is 17.2 Å². The number of benzene rings is 2. The lowest BCUT2D eigenvalue weighted by Gasteiger charge is -2.14. The minimum atomic E-state index is -0.727. The number of rotatable bonds is 10. The summed E-state index contributed by atoms with van der Waals surface area (Å²) < 4.78 is 10.9. The lowest BCUT2D eigenvalue weighted by Crippen LogP contribution is -2.33. The van der Waals surface area contributed by atoms with Gasteiger partial charge in [-0.2, -0.15) is 0 Å². The smallest absolute Gasteiger partial charge is 0.252 e. The van der Waals surface area contributed by atoms with Gasteiger partial charge in [-0.3, -0.25) is 4.79 Å². The Labute approximate surface area is 151 Å². The molecule has 8 heteroatoms. The number of aliphatic hydroxyl groups is 1. The molecule has 0 saturated carbocycles. The van der Waals surface area contributed by atoms with E-state index in [0.717, 1.165) is 0 Å². The number of aliphatic hydroxyl groups excluding tert-OH is 1. The average Bonchev–Trinajstić information content (AvgIpc) is 2.62. The van der Waals surface area contributed by atoms with Crippen molar-refractivity contribution < 1.29 is 24.5 Å². The maximum absolute atomic E-state index is 11.2. The number of ether oxygens (including phenoxy) is 2. The molecule has 2 rings (SSSR count). The summed E-state index contributed by atoms with van der Waals surface area (Å²) in [5, 5.41) is 22.4. The van der Waals surface area contributed by atoms with Crippen molar-refractivity contribution >= 4 is 11.6 Å². The minimum absolute atomic E-state index is 0.00528. The fourth-order valence-corrected chi connectivity index (χ4v) is 2.13. The molecule has 1 unspecified atom stereocenters. The summed E-state index contributed by atoms with van der Waals surface area (Å²) in [6.07, 6.45) is -0.678. The van der Waals surface area contributed by atoms with Crippen LogP contribution in [0.2, 0.25) is 0 Å². The second-order valence-corrected chi connectivity index (χ2v) is 5.63. The highest BCUT2D eigenvalue weighted by Gasteiger charge is 2.09. The SMILES string of the molecule is NC(=O)c1cc(OCCNCC(O)COc2ccc(N)cc2)ccc1O. The number of aromatic hydroxyl groups is 1. The number of hydrogen-bond acceptors (Lipinski definition) is 7. The van der Waals surface area contributed by atoms with Crippen LogP contribution in [0.4, 0.5) is 5.69 Å². The van der Waals surface area contributed by atoms with Crippen molar-refractivity contribution in [2.24, 2.45) is 5.73 Å². The first-order valence-electron chi connectivity index (χ1n) is 8.08. The molecule has 140 valence electrons. The van der Waals surface area contributed by atoms with Crippen LogP contribution in [0.25, 0.3) is 0 Å². The predicted molar refractivity (Wildman–Crippen MR) is 97.3 cm³/mol. The van der Waals surface area contributed by atoms with Crippen LogP contribution in [0.1, 0.15) is 10.4 Å². The summed E-state index contributed by atoms with van der Waals surface area (Å²) >= 11 is 0. The number of nitrogen functional groups attached to an aromatic ring is 1. The van der Waals surface area contributed by atoms with Crippen molar-refractivity contribution in [1.29, 1.82) is 0 Å². The number of nitrogens with two attached hydrogens (primary N) is 2. The molecule has 0 spiro atoms. The first-order chi connectivity index (χ1) is 12.5. The van der Waals surface area contributed by atoms with Crippen LogP contribution in [-0.4, -0.2) is 48.5 Å². The van der Waals surface area contributed by atoms with Gasteiger partial charge in [0.15, 0.2) is 0 Å². The van der Waals surface area contributed by atoms with Gasteiger partial charge >= 0.3 is 0 Å². The first kappa shape index (κ1) is 19.4. The average molecular weight is 361 g/mol. The molecule has 0 aliphatic heterocycles. The van der Waals surface area contributed by atoms with Gasteiger partial charge in [-0.05, 0) is 42.5 Å². The van der Waals surface area contributed by atoms with Gasteiger partial charge in [0.2, 0.25) is 0 Å². The fraction of sp³-hybridized carbons (Fsp3) is 0.278. The number of carbonyl (C=O) groups excluding carboxylic acids is 1. The Bertz CT molecular complexity index is 721. The Morgan fingerprint density at radius 2 is 1.81 bits per heavy atom. The van der Waals surface area contributed by atoms with E-state index in [-0.39, 0.29) is 17.9 Å². The Hall–Kier alpha value is -2.97. The van der Waals surface area contributed by atoms with Crippen LogP contribution < -0.4 is 26.3 Å². The zero-order chi connectivity index (χ0) is 18.9. The number of anilines is 1. The van der Waals surface area contributed by atoms with Crippen molar-refractivity contribution in [2.75, 3.05) is 32.0 Å². The molecule has 1 amide bonds. The quantitative estimate of drug-likeness (QED) is 0.306. The Morgan fingerprint density at radius 1 is 1.12 bits per heavy atom. The number of phenols is 1. The van der Waals surface area contributed by atoms with Crippen molar-refractivity contribution in [3.8, 4) is 17.2 Å². The number of nitrogens with one attached hydrogen (secondary N) is 1. The summed E-state index contributed by atoms with van der Waals surface area (Å²) in [6, 6.07) is 11.2. The zero-order valence-electron chi connectivity index (χ0n) is 14.2. The minimum Gasteiger partial charge on any atom is -0.507 e. The van der Waals surface area contributed by atoms with E-state index in [0.29, 0.717) is 36.9 Å². The number of amides is 1. The highest BCUT2D eigenvalue weighted by Crippen LogP contribution is 2.22. The number of primary amides is 1. The summed E-state index contributed by atoms with van der Waals surface area (Å²) in [7, 11) is 0. The third-order valence-corrected chi connectivity index (χ3v) is 3.48. The van der Waals surface area contributed by atoms with Gasteiger partial charge in [0, 0.05) is 18.8 Å². The topological polar surface area (TPSA) is 140 Å². The van der Waals surface area contributed by atoms with E-state index < -0.39 is 12.0 Å². The van der Waals surface area contributed by atoms with E-state index in [1.54, 1.807) is 24.3 Å². The van der Waals surface area contributed by atoms with E-state index in [2.05, 4.69) is 5.32 Å². The molecule has 26 heavy (non-hydrogen) atoms. The predicted octanol–water partition coefficient (Wildman–Crippen LogP) is 0.482. The standard InChI is InChI=1S/C18H23N3O5/c19-12-1-3-14(4-2-12)26-11-13(22)10-21-7-8-25-15-5-6-17(23)16(9-15)18(20)24/h1-6,9,13,21-23H,7-8,10-11,19H2,(H2,20,24). The van der Waals surface area contributed by atoms with Crippen LogP contribution in [-0.2, 0) is 0 Å². The Morgan fingerprint density at radius 3 is 2.50 bits per heavy atom. The molecule has 8 nitrogen and oxygen atoms in total. The first-order valence-corrected chi connectivity index (χ1v) is 8.08. The molecule has 7 N–H and O–H groups in total. The third-order valence-electron chi connectivity index (χ3n) is 3.48. The normalized spacial score (nSPS) is 11.7. The highest BCUT2D eigenvalue weighted by molar-refractivity contribution is 5.95. The van der Waals surface area contributed by atoms with Crippen LogP contribution in [0.15, 0.2) is 42.5 Å². The molecular formula is C18H23N3O5. The fourth-order valence-electron chi connectivity index (χ4n) is 2.13. The van der Waals surface area contributed by atoms with Gasteiger partial charge in [0.25, 0.3) is 5.91 Å². The van der Waals surface area contributed by atoms with E-state index in [1.165, 1.54) is 18.2 Å². The second kappa shape index (κ2) is 9.50. The van der Waals surface area contributed by atoms with Crippen LogP contribution in [0.3, 0.4) is 0 Å². The molecule has 2 aromatic carbocycles. The number of carbonyl (C=O) groups is 1. The molecule has 0 aliphatic rings. The molecule has 0 aromatic heterocycles. The highest BCUT2D eigenvalue weighted by atomic mass is 16.5. The molecule has 0 bridgehead atoms. The van der Waals surface area contributed by atoms with Crippen molar-refractivity contribution in [3.05, 3.63) is 48.0 Å². The number of hydrogen-bond donors (Lipinski definition) is 5. The summed E-state index contributed by atoms with van der Waals surface area (Å²) in [5.74, 6) is 0.146. The molecule has 0 aliphatic carbocycles. The third kappa shape index (κ3) is 6.15. The van der Waals surface area contributed by atoms with Gasteiger partial charge in [0.1, 0.15) is 36.6 Å². The van der Waals surface area contributed by atoms with Crippen molar-refractivity contribution in [3.63, 3.8) is 0 Å². The van der Waals surface area contributed by atoms with Crippen LogP contribution >= 0.6 is 0 Å².